The molecule has 0 bridgehead atoms. The highest BCUT2D eigenvalue weighted by Crippen LogP contribution is 2.52. The first kappa shape index (κ1) is 10.9. The van der Waals surface area contributed by atoms with E-state index in [0.29, 0.717) is 17.1 Å². The molecule has 1 aliphatic rings. The molecule has 0 spiro atoms. The summed E-state index contributed by atoms with van der Waals surface area (Å²) in [6.07, 6.45) is 1.79. The van der Waals surface area contributed by atoms with Crippen LogP contribution in [0.4, 0.5) is 4.39 Å². The second kappa shape index (κ2) is 4.11. The van der Waals surface area contributed by atoms with Crippen molar-refractivity contribution < 1.29 is 4.39 Å². The molecule has 0 saturated heterocycles. The van der Waals surface area contributed by atoms with E-state index >= 15 is 0 Å². The van der Waals surface area contributed by atoms with Crippen LogP contribution in [0.3, 0.4) is 0 Å². The molecule has 82 valence electrons. The lowest BCUT2D eigenvalue weighted by Gasteiger charge is -2.43. The second-order valence-electron chi connectivity index (χ2n) is 4.30. The zero-order valence-electron chi connectivity index (χ0n) is 8.55. The van der Waals surface area contributed by atoms with Crippen molar-refractivity contribution in [1.82, 2.24) is 0 Å². The van der Waals surface area contributed by atoms with Gasteiger partial charge in [-0.25, -0.2) is 4.39 Å². The minimum absolute atomic E-state index is 0.356. The van der Waals surface area contributed by atoms with Gasteiger partial charge in [-0.15, -0.1) is 0 Å². The van der Waals surface area contributed by atoms with Crippen molar-refractivity contribution in [3.63, 3.8) is 0 Å². The molecule has 3 heteroatoms. The van der Waals surface area contributed by atoms with Crippen LogP contribution in [0.15, 0.2) is 24.3 Å². The maximum absolute atomic E-state index is 14.3. The minimum atomic E-state index is -1.02. The monoisotopic (exact) mass is 227 g/mol. The summed E-state index contributed by atoms with van der Waals surface area (Å²) in [5.41, 5.74) is 5.91. The highest BCUT2D eigenvalue weighted by Gasteiger charge is 2.44. The number of hydrogen-bond donors (Lipinski definition) is 1. The lowest BCUT2D eigenvalue weighted by atomic mass is 9.64. The molecule has 1 fully saturated rings. The zero-order valence-corrected chi connectivity index (χ0v) is 9.30. The number of alkyl halides is 1. The molecule has 1 saturated carbocycles. The van der Waals surface area contributed by atoms with Crippen LogP contribution >= 0.6 is 11.6 Å². The molecule has 2 N–H and O–H groups in total. The summed E-state index contributed by atoms with van der Waals surface area (Å²) in [4.78, 5) is 0. The lowest BCUT2D eigenvalue weighted by molar-refractivity contribution is 0.0285. The zero-order chi connectivity index (χ0) is 10.9. The van der Waals surface area contributed by atoms with E-state index in [0.717, 1.165) is 19.3 Å². The highest BCUT2D eigenvalue weighted by molar-refractivity contribution is 6.31. The van der Waals surface area contributed by atoms with Crippen molar-refractivity contribution in [2.24, 2.45) is 11.1 Å². The highest BCUT2D eigenvalue weighted by atomic mass is 35.5. The number of rotatable bonds is 3. The van der Waals surface area contributed by atoms with Crippen LogP contribution < -0.4 is 5.73 Å². The van der Waals surface area contributed by atoms with Crippen molar-refractivity contribution in [2.75, 3.05) is 6.54 Å². The van der Waals surface area contributed by atoms with Gasteiger partial charge in [0.15, 0.2) is 0 Å². The van der Waals surface area contributed by atoms with Gasteiger partial charge in [-0.2, -0.15) is 0 Å². The Bertz CT molecular complexity index is 344. The van der Waals surface area contributed by atoms with Gasteiger partial charge in [-0.1, -0.05) is 36.2 Å². The summed E-state index contributed by atoms with van der Waals surface area (Å²) in [7, 11) is 0. The normalized spacial score (nSPS) is 20.7. The molecule has 1 unspecified atom stereocenters. The molecule has 0 aromatic heterocycles. The topological polar surface area (TPSA) is 26.0 Å². The number of nitrogens with two attached hydrogens (primary N) is 1. The summed E-state index contributed by atoms with van der Waals surface area (Å²) in [5.74, 6) is 0. The first-order valence-corrected chi connectivity index (χ1v) is 5.66. The van der Waals surface area contributed by atoms with Crippen molar-refractivity contribution in [3.8, 4) is 0 Å². The van der Waals surface area contributed by atoms with Crippen LogP contribution in [0.25, 0.3) is 0 Å². The van der Waals surface area contributed by atoms with Gasteiger partial charge in [-0.05, 0) is 18.9 Å². The Balaban J connectivity index is 2.27. The van der Waals surface area contributed by atoms with E-state index in [-0.39, 0.29) is 5.41 Å². The first-order chi connectivity index (χ1) is 7.19. The van der Waals surface area contributed by atoms with Crippen LogP contribution in [0, 0.1) is 5.41 Å². The Morgan fingerprint density at radius 1 is 1.40 bits per heavy atom. The second-order valence-corrected chi connectivity index (χ2v) is 4.71. The van der Waals surface area contributed by atoms with Crippen LogP contribution in [0.1, 0.15) is 31.0 Å². The third kappa shape index (κ3) is 1.77. The SMILES string of the molecule is NCC1(C(F)c2ccccc2Cl)CCC1. The third-order valence-corrected chi connectivity index (χ3v) is 3.82. The van der Waals surface area contributed by atoms with Gasteiger partial charge in [0.2, 0.25) is 0 Å². The number of halogens is 2. The quantitative estimate of drug-likeness (QED) is 0.841. The molecule has 15 heavy (non-hydrogen) atoms. The minimum Gasteiger partial charge on any atom is -0.330 e. The Labute approximate surface area is 94.4 Å². The molecule has 1 aromatic rings. The van der Waals surface area contributed by atoms with Crippen LogP contribution in [-0.2, 0) is 0 Å². The summed E-state index contributed by atoms with van der Waals surface area (Å²) >= 11 is 5.98. The van der Waals surface area contributed by atoms with E-state index in [2.05, 4.69) is 0 Å². The predicted octanol–water partition coefficient (Wildman–Crippen LogP) is 3.48. The summed E-state index contributed by atoms with van der Waals surface area (Å²) in [6.45, 7) is 0.402. The largest absolute Gasteiger partial charge is 0.330 e. The molecule has 1 aliphatic carbocycles. The van der Waals surface area contributed by atoms with Crippen LogP contribution in [0.2, 0.25) is 5.02 Å². The van der Waals surface area contributed by atoms with Gasteiger partial charge in [0.05, 0.1) is 0 Å². The van der Waals surface area contributed by atoms with Gasteiger partial charge >= 0.3 is 0 Å². The van der Waals surface area contributed by atoms with Crippen LogP contribution in [-0.4, -0.2) is 6.54 Å². The Hall–Kier alpha value is -0.600. The van der Waals surface area contributed by atoms with Crippen molar-refractivity contribution in [3.05, 3.63) is 34.9 Å². The number of hydrogen-bond acceptors (Lipinski definition) is 1. The standard InChI is InChI=1S/C12H15ClFN/c13-10-5-2-1-4-9(10)11(14)12(8-15)6-3-7-12/h1-2,4-5,11H,3,6-8,15H2. The maximum Gasteiger partial charge on any atom is 0.133 e. The molecule has 1 aromatic carbocycles. The smallest absolute Gasteiger partial charge is 0.133 e. The summed E-state index contributed by atoms with van der Waals surface area (Å²) in [5, 5.41) is 0.504. The summed E-state index contributed by atoms with van der Waals surface area (Å²) < 4.78 is 14.3. The Kier molecular flexibility index (Phi) is 2.98. The van der Waals surface area contributed by atoms with Gasteiger partial charge in [0.1, 0.15) is 6.17 Å². The van der Waals surface area contributed by atoms with E-state index in [1.165, 1.54) is 0 Å². The van der Waals surface area contributed by atoms with Gasteiger partial charge < -0.3 is 5.73 Å². The van der Waals surface area contributed by atoms with Crippen LogP contribution in [0.5, 0.6) is 0 Å². The van der Waals surface area contributed by atoms with Gasteiger partial charge in [-0.3, -0.25) is 0 Å². The molecule has 1 atom stereocenters. The average molecular weight is 228 g/mol. The summed E-state index contributed by atoms with van der Waals surface area (Å²) in [6, 6.07) is 7.11. The molecule has 2 rings (SSSR count). The van der Waals surface area contributed by atoms with E-state index in [9.17, 15) is 4.39 Å². The van der Waals surface area contributed by atoms with E-state index in [1.807, 2.05) is 12.1 Å². The molecule has 0 radical (unpaired) electrons. The van der Waals surface area contributed by atoms with Crippen molar-refractivity contribution in [1.29, 1.82) is 0 Å². The lowest BCUT2D eigenvalue weighted by Crippen LogP contribution is -2.41. The molecular formula is C12H15ClFN. The molecular weight excluding hydrogens is 213 g/mol. The van der Waals surface area contributed by atoms with E-state index in [1.54, 1.807) is 12.1 Å². The molecule has 0 aliphatic heterocycles. The van der Waals surface area contributed by atoms with Crippen molar-refractivity contribution in [2.45, 2.75) is 25.4 Å². The first-order valence-electron chi connectivity index (χ1n) is 5.28. The fourth-order valence-electron chi connectivity index (χ4n) is 2.20. The Morgan fingerprint density at radius 3 is 2.53 bits per heavy atom. The van der Waals surface area contributed by atoms with Crippen molar-refractivity contribution >= 4 is 11.6 Å². The van der Waals surface area contributed by atoms with E-state index < -0.39 is 6.17 Å². The van der Waals surface area contributed by atoms with Gasteiger partial charge in [0.25, 0.3) is 0 Å². The molecule has 1 nitrogen and oxygen atoms in total. The third-order valence-electron chi connectivity index (χ3n) is 3.47. The van der Waals surface area contributed by atoms with E-state index in [4.69, 9.17) is 17.3 Å². The fraction of sp³-hybridized carbons (Fsp3) is 0.500. The molecule has 0 heterocycles. The predicted molar refractivity (Wildman–Crippen MR) is 60.6 cm³/mol. The van der Waals surface area contributed by atoms with Gasteiger partial charge in [0, 0.05) is 22.5 Å². The fourth-order valence-corrected chi connectivity index (χ4v) is 2.43. The average Bonchev–Trinajstić information content (AvgIpc) is 2.17. The molecule has 0 amide bonds. The number of benzene rings is 1. The Morgan fingerprint density at radius 2 is 2.07 bits per heavy atom. The maximum atomic E-state index is 14.3.